The molecular weight excluding hydrogens is 361 g/mol. The maximum atomic E-state index is 13.4. The van der Waals surface area contributed by atoms with Crippen LogP contribution in [0, 0.1) is 5.82 Å². The van der Waals surface area contributed by atoms with Crippen molar-refractivity contribution in [2.45, 2.75) is 6.92 Å². The monoisotopic (exact) mass is 375 g/mol. The fourth-order valence-corrected chi connectivity index (χ4v) is 3.66. The van der Waals surface area contributed by atoms with E-state index in [9.17, 15) is 14.3 Å². The highest BCUT2D eigenvalue weighted by Crippen LogP contribution is 2.37. The minimum absolute atomic E-state index is 0.00351. The van der Waals surface area contributed by atoms with E-state index < -0.39 is 5.82 Å². The molecule has 1 saturated heterocycles. The number of benzene rings is 2. The number of hydrogen-bond donors (Lipinski definition) is 1. The number of phenols is 1. The zero-order chi connectivity index (χ0) is 18.0. The van der Waals surface area contributed by atoms with Crippen LogP contribution < -0.4 is 9.64 Å². The molecule has 1 aliphatic rings. The van der Waals surface area contributed by atoms with Crippen LogP contribution in [0.4, 0.5) is 10.1 Å². The molecule has 4 nitrogen and oxygen atoms in total. The number of aromatic hydroxyl groups is 1. The lowest BCUT2D eigenvalue weighted by atomic mass is 10.2. The fraction of sp³-hybridized carbons (Fsp3) is 0.111. The Morgan fingerprint density at radius 2 is 2.12 bits per heavy atom. The minimum Gasteiger partial charge on any atom is -0.504 e. The Hall–Kier alpha value is -2.38. The molecule has 2 aromatic rings. The van der Waals surface area contributed by atoms with Gasteiger partial charge in [0.15, 0.2) is 15.8 Å². The van der Waals surface area contributed by atoms with Crippen LogP contribution in [0.2, 0.25) is 0 Å². The second-order valence-electron chi connectivity index (χ2n) is 5.16. The lowest BCUT2D eigenvalue weighted by molar-refractivity contribution is -0.113. The molecule has 0 aromatic heterocycles. The number of amides is 1. The first-order chi connectivity index (χ1) is 12.0. The molecular formula is C18H14FNO3S2. The Morgan fingerprint density at radius 3 is 2.80 bits per heavy atom. The summed E-state index contributed by atoms with van der Waals surface area (Å²) in [4.78, 5) is 14.3. The van der Waals surface area contributed by atoms with Crippen molar-refractivity contribution in [3.05, 3.63) is 58.8 Å². The highest BCUT2D eigenvalue weighted by molar-refractivity contribution is 8.27. The summed E-state index contributed by atoms with van der Waals surface area (Å²) in [5, 5.41) is 9.95. The number of phenolic OH excluding ortho intramolecular Hbond substituents is 1. The number of anilines is 1. The molecule has 0 unspecified atom stereocenters. The van der Waals surface area contributed by atoms with Crippen LogP contribution in [-0.4, -0.2) is 21.9 Å². The zero-order valence-electron chi connectivity index (χ0n) is 13.2. The Bertz CT molecular complexity index is 882. The summed E-state index contributed by atoms with van der Waals surface area (Å²) < 4.78 is 19.0. The fourth-order valence-electron chi connectivity index (χ4n) is 2.36. The molecule has 2 aromatic carbocycles. The van der Waals surface area contributed by atoms with Crippen molar-refractivity contribution in [3.63, 3.8) is 0 Å². The van der Waals surface area contributed by atoms with E-state index in [1.165, 1.54) is 29.2 Å². The van der Waals surface area contributed by atoms with Crippen molar-refractivity contribution < 1.29 is 19.0 Å². The maximum absolute atomic E-state index is 13.4. The Labute approximate surface area is 153 Å². The van der Waals surface area contributed by atoms with Gasteiger partial charge in [0.2, 0.25) is 0 Å². The topological polar surface area (TPSA) is 49.8 Å². The standard InChI is InChI=1S/C18H14FNO3S2/c1-2-23-15-7-6-11(8-14(15)21)9-16-17(22)20(18(24)25-16)13-5-3-4-12(19)10-13/h3-10,21H,2H2,1H3/b16-9-. The van der Waals surface area contributed by atoms with Gasteiger partial charge in [-0.1, -0.05) is 36.1 Å². The third kappa shape index (κ3) is 3.67. The van der Waals surface area contributed by atoms with Crippen LogP contribution >= 0.6 is 24.0 Å². The van der Waals surface area contributed by atoms with Gasteiger partial charge in [0.25, 0.3) is 5.91 Å². The van der Waals surface area contributed by atoms with E-state index in [2.05, 4.69) is 0 Å². The van der Waals surface area contributed by atoms with Crippen LogP contribution in [0.3, 0.4) is 0 Å². The van der Waals surface area contributed by atoms with Gasteiger partial charge < -0.3 is 9.84 Å². The van der Waals surface area contributed by atoms with E-state index in [1.807, 2.05) is 6.92 Å². The summed E-state index contributed by atoms with van der Waals surface area (Å²) in [6, 6.07) is 10.6. The van der Waals surface area contributed by atoms with Gasteiger partial charge in [0.1, 0.15) is 5.82 Å². The zero-order valence-corrected chi connectivity index (χ0v) is 14.9. The summed E-state index contributed by atoms with van der Waals surface area (Å²) in [6.07, 6.45) is 1.63. The van der Waals surface area contributed by atoms with Crippen LogP contribution in [0.5, 0.6) is 11.5 Å². The van der Waals surface area contributed by atoms with Crippen LogP contribution in [0.25, 0.3) is 6.08 Å². The SMILES string of the molecule is CCOc1ccc(/C=C2\SC(=S)N(c3cccc(F)c3)C2=O)cc1O. The van der Waals surface area contributed by atoms with Crippen LogP contribution in [0.15, 0.2) is 47.4 Å². The molecule has 128 valence electrons. The minimum atomic E-state index is -0.438. The molecule has 1 fully saturated rings. The predicted molar refractivity (Wildman–Crippen MR) is 101 cm³/mol. The summed E-state index contributed by atoms with van der Waals surface area (Å²) in [6.45, 7) is 2.27. The van der Waals surface area contributed by atoms with Crippen LogP contribution in [-0.2, 0) is 4.79 Å². The second-order valence-corrected chi connectivity index (χ2v) is 6.83. The van der Waals surface area contributed by atoms with Gasteiger partial charge in [-0.15, -0.1) is 0 Å². The van der Waals surface area contributed by atoms with Gasteiger partial charge in [0.05, 0.1) is 17.2 Å². The third-order valence-corrected chi connectivity index (χ3v) is 4.74. The van der Waals surface area contributed by atoms with Gasteiger partial charge in [-0.25, -0.2) is 4.39 Å². The summed E-state index contributed by atoms with van der Waals surface area (Å²) in [5.41, 5.74) is 1.03. The number of thiocarbonyl (C=S) groups is 1. The number of nitrogens with zero attached hydrogens (tertiary/aromatic N) is 1. The van der Waals surface area contributed by atoms with E-state index in [-0.39, 0.29) is 11.7 Å². The van der Waals surface area contributed by atoms with Crippen molar-refractivity contribution in [2.24, 2.45) is 0 Å². The average Bonchev–Trinajstić information content (AvgIpc) is 2.84. The van der Waals surface area contributed by atoms with Gasteiger partial charge >= 0.3 is 0 Å². The van der Waals surface area contributed by atoms with Crippen LogP contribution in [0.1, 0.15) is 12.5 Å². The molecule has 0 atom stereocenters. The number of thioether (sulfide) groups is 1. The Balaban J connectivity index is 1.89. The number of hydrogen-bond acceptors (Lipinski definition) is 5. The molecule has 1 aliphatic heterocycles. The van der Waals surface area contributed by atoms with Crippen molar-refractivity contribution >= 4 is 46.0 Å². The van der Waals surface area contributed by atoms with Gasteiger partial charge in [0, 0.05) is 0 Å². The molecule has 0 aliphatic carbocycles. The molecule has 1 amide bonds. The van der Waals surface area contributed by atoms with Crippen molar-refractivity contribution in [3.8, 4) is 11.5 Å². The molecule has 1 heterocycles. The summed E-state index contributed by atoms with van der Waals surface area (Å²) >= 11 is 6.38. The number of carbonyl (C=O) groups excluding carboxylic acids is 1. The lowest BCUT2D eigenvalue weighted by Crippen LogP contribution is -2.27. The second kappa shape index (κ2) is 7.25. The Morgan fingerprint density at radius 1 is 1.32 bits per heavy atom. The smallest absolute Gasteiger partial charge is 0.270 e. The van der Waals surface area contributed by atoms with Gasteiger partial charge in [-0.2, -0.15) is 0 Å². The molecule has 0 saturated carbocycles. The summed E-state index contributed by atoms with van der Waals surface area (Å²) in [7, 11) is 0. The van der Waals surface area contributed by atoms with E-state index >= 15 is 0 Å². The highest BCUT2D eigenvalue weighted by Gasteiger charge is 2.33. The predicted octanol–water partition coefficient (Wildman–Crippen LogP) is 4.34. The lowest BCUT2D eigenvalue weighted by Gasteiger charge is -2.14. The molecule has 3 rings (SSSR count). The first kappa shape index (κ1) is 17.4. The highest BCUT2D eigenvalue weighted by atomic mass is 32.2. The normalized spacial score (nSPS) is 15.9. The average molecular weight is 375 g/mol. The van der Waals surface area contributed by atoms with Crippen molar-refractivity contribution in [1.29, 1.82) is 0 Å². The van der Waals surface area contributed by atoms with Gasteiger partial charge in [-0.05, 0) is 48.9 Å². The molecule has 1 N–H and O–H groups in total. The van der Waals surface area contributed by atoms with E-state index in [0.29, 0.717) is 32.8 Å². The van der Waals surface area contributed by atoms with Crippen molar-refractivity contribution in [1.82, 2.24) is 0 Å². The van der Waals surface area contributed by atoms with Crippen molar-refractivity contribution in [2.75, 3.05) is 11.5 Å². The molecule has 0 radical (unpaired) electrons. The number of rotatable bonds is 4. The van der Waals surface area contributed by atoms with E-state index in [4.69, 9.17) is 17.0 Å². The Kier molecular flexibility index (Phi) is 5.06. The maximum Gasteiger partial charge on any atom is 0.270 e. The first-order valence-corrected chi connectivity index (χ1v) is 8.71. The molecule has 7 heteroatoms. The number of carbonyl (C=O) groups is 1. The van der Waals surface area contributed by atoms with E-state index in [0.717, 1.165) is 11.8 Å². The number of ether oxygens (including phenoxy) is 1. The summed E-state index contributed by atoms with van der Waals surface area (Å²) in [5.74, 6) is -0.385. The quantitative estimate of drug-likeness (QED) is 0.636. The third-order valence-electron chi connectivity index (χ3n) is 3.44. The first-order valence-electron chi connectivity index (χ1n) is 7.49. The van der Waals surface area contributed by atoms with E-state index in [1.54, 1.807) is 24.3 Å². The number of halogens is 1. The molecule has 0 bridgehead atoms. The molecule has 0 spiro atoms. The molecule has 25 heavy (non-hydrogen) atoms. The van der Waals surface area contributed by atoms with Gasteiger partial charge in [-0.3, -0.25) is 9.69 Å². The largest absolute Gasteiger partial charge is 0.504 e.